The lowest BCUT2D eigenvalue weighted by molar-refractivity contribution is -0.136. The molecule has 2 aromatic carbocycles. The second-order valence-electron chi connectivity index (χ2n) is 5.17. The van der Waals surface area contributed by atoms with Gasteiger partial charge in [-0.05, 0) is 42.3 Å². The van der Waals surface area contributed by atoms with Gasteiger partial charge in [0.05, 0.1) is 28.6 Å². The monoisotopic (exact) mass is 393 g/mol. The van der Waals surface area contributed by atoms with E-state index in [9.17, 15) is 9.59 Å². The maximum atomic E-state index is 11.8. The quantitative estimate of drug-likeness (QED) is 0.444. The standard InChI is InChI=1S/C18H17Cl2N3O3/c1-2-9-26-16-8-7-12(10-14(16)20)11-21-23-18(25)17(24)22-15-6-4-3-5-13(15)19/h3-8,10-11H,2,9H2,1H3,(H,22,24)(H,23,25)/b21-11-. The van der Waals surface area contributed by atoms with Crippen molar-refractivity contribution in [3.63, 3.8) is 0 Å². The minimum atomic E-state index is -0.921. The first-order chi connectivity index (χ1) is 12.5. The summed E-state index contributed by atoms with van der Waals surface area (Å²) in [6.07, 6.45) is 2.25. The number of benzene rings is 2. The highest BCUT2D eigenvalue weighted by Crippen LogP contribution is 2.25. The molecule has 2 aromatic rings. The van der Waals surface area contributed by atoms with Crippen LogP contribution in [0.15, 0.2) is 47.6 Å². The minimum Gasteiger partial charge on any atom is -0.492 e. The average molecular weight is 394 g/mol. The molecule has 0 aliphatic carbocycles. The number of carbonyl (C=O) groups excluding carboxylic acids is 2. The first kappa shape index (κ1) is 19.8. The number of para-hydroxylation sites is 1. The van der Waals surface area contributed by atoms with E-state index in [2.05, 4.69) is 15.8 Å². The predicted molar refractivity (Wildman–Crippen MR) is 103 cm³/mol. The Morgan fingerprint density at radius 2 is 1.88 bits per heavy atom. The van der Waals surface area contributed by atoms with Crippen molar-refractivity contribution in [1.82, 2.24) is 5.43 Å². The highest BCUT2D eigenvalue weighted by Gasteiger charge is 2.14. The third kappa shape index (κ3) is 5.75. The molecular weight excluding hydrogens is 377 g/mol. The highest BCUT2D eigenvalue weighted by molar-refractivity contribution is 6.41. The lowest BCUT2D eigenvalue weighted by Crippen LogP contribution is -2.32. The van der Waals surface area contributed by atoms with Gasteiger partial charge in [0.2, 0.25) is 0 Å². The summed E-state index contributed by atoms with van der Waals surface area (Å²) in [5.74, 6) is -1.22. The van der Waals surface area contributed by atoms with Crippen LogP contribution < -0.4 is 15.5 Å². The number of nitrogens with one attached hydrogen (secondary N) is 2. The molecule has 2 rings (SSSR count). The maximum absolute atomic E-state index is 11.8. The van der Waals surface area contributed by atoms with Crippen LogP contribution in [0.1, 0.15) is 18.9 Å². The van der Waals surface area contributed by atoms with E-state index in [0.29, 0.717) is 33.7 Å². The lowest BCUT2D eigenvalue weighted by Gasteiger charge is -2.07. The molecule has 6 nitrogen and oxygen atoms in total. The van der Waals surface area contributed by atoms with E-state index in [1.54, 1.807) is 42.5 Å². The molecule has 0 aromatic heterocycles. The van der Waals surface area contributed by atoms with E-state index in [0.717, 1.165) is 6.42 Å². The van der Waals surface area contributed by atoms with Gasteiger partial charge in [-0.3, -0.25) is 9.59 Å². The van der Waals surface area contributed by atoms with Crippen LogP contribution >= 0.6 is 23.2 Å². The Bertz CT molecular complexity index is 825. The fraction of sp³-hybridized carbons (Fsp3) is 0.167. The van der Waals surface area contributed by atoms with Gasteiger partial charge in [-0.2, -0.15) is 5.10 Å². The van der Waals surface area contributed by atoms with E-state index in [1.165, 1.54) is 6.21 Å². The fourth-order valence-corrected chi connectivity index (χ4v) is 2.31. The van der Waals surface area contributed by atoms with Crippen LogP contribution in [0.5, 0.6) is 5.75 Å². The molecule has 0 bridgehead atoms. The number of rotatable bonds is 6. The van der Waals surface area contributed by atoms with Crippen molar-refractivity contribution in [2.24, 2.45) is 5.10 Å². The number of nitrogens with zero attached hydrogens (tertiary/aromatic N) is 1. The number of carbonyl (C=O) groups is 2. The molecule has 0 spiro atoms. The number of anilines is 1. The van der Waals surface area contributed by atoms with Crippen molar-refractivity contribution in [1.29, 1.82) is 0 Å². The number of ether oxygens (including phenoxy) is 1. The molecule has 0 heterocycles. The number of hydrogen-bond donors (Lipinski definition) is 2. The summed E-state index contributed by atoms with van der Waals surface area (Å²) in [6.45, 7) is 2.57. The number of halogens is 2. The summed E-state index contributed by atoms with van der Waals surface area (Å²) < 4.78 is 5.47. The van der Waals surface area contributed by atoms with Crippen molar-refractivity contribution in [2.75, 3.05) is 11.9 Å². The zero-order chi connectivity index (χ0) is 18.9. The molecular formula is C18H17Cl2N3O3. The Kier molecular flexibility index (Phi) is 7.44. The van der Waals surface area contributed by atoms with Gasteiger partial charge in [0.1, 0.15) is 5.75 Å². The van der Waals surface area contributed by atoms with E-state index in [1.807, 2.05) is 6.92 Å². The zero-order valence-electron chi connectivity index (χ0n) is 14.0. The van der Waals surface area contributed by atoms with Crippen LogP contribution in [-0.4, -0.2) is 24.6 Å². The van der Waals surface area contributed by atoms with Gasteiger partial charge in [-0.1, -0.05) is 42.3 Å². The zero-order valence-corrected chi connectivity index (χ0v) is 15.5. The number of hydrogen-bond acceptors (Lipinski definition) is 4. The molecule has 0 saturated carbocycles. The summed E-state index contributed by atoms with van der Waals surface area (Å²) in [4.78, 5) is 23.6. The van der Waals surface area contributed by atoms with Gasteiger partial charge in [0.15, 0.2) is 0 Å². The number of hydrazone groups is 1. The Labute approximate surface area is 161 Å². The third-order valence-electron chi connectivity index (χ3n) is 3.13. The second kappa shape index (κ2) is 9.79. The second-order valence-corrected chi connectivity index (χ2v) is 5.99. The predicted octanol–water partition coefficient (Wildman–Crippen LogP) is 3.87. The molecule has 0 unspecified atom stereocenters. The molecule has 0 radical (unpaired) electrons. The minimum absolute atomic E-state index is 0.331. The van der Waals surface area contributed by atoms with Gasteiger partial charge < -0.3 is 10.1 Å². The summed E-state index contributed by atoms with van der Waals surface area (Å²) in [5, 5.41) is 6.91. The van der Waals surface area contributed by atoms with Gasteiger partial charge >= 0.3 is 11.8 Å². The Balaban J connectivity index is 1.91. The van der Waals surface area contributed by atoms with Gasteiger partial charge in [0, 0.05) is 0 Å². The molecule has 2 N–H and O–H groups in total. The molecule has 136 valence electrons. The molecule has 0 aliphatic heterocycles. The average Bonchev–Trinajstić information content (AvgIpc) is 2.62. The molecule has 8 heteroatoms. The third-order valence-corrected chi connectivity index (χ3v) is 3.75. The fourth-order valence-electron chi connectivity index (χ4n) is 1.88. The molecule has 26 heavy (non-hydrogen) atoms. The maximum Gasteiger partial charge on any atom is 0.329 e. The Morgan fingerprint density at radius 1 is 1.12 bits per heavy atom. The van der Waals surface area contributed by atoms with Crippen LogP contribution in [0.4, 0.5) is 5.69 Å². The summed E-state index contributed by atoms with van der Waals surface area (Å²) in [7, 11) is 0. The van der Waals surface area contributed by atoms with Crippen LogP contribution in [0.3, 0.4) is 0 Å². The Hall–Kier alpha value is -2.57. The van der Waals surface area contributed by atoms with Gasteiger partial charge in [0.25, 0.3) is 0 Å². The van der Waals surface area contributed by atoms with Crippen molar-refractivity contribution < 1.29 is 14.3 Å². The molecule has 0 fully saturated rings. The van der Waals surface area contributed by atoms with E-state index in [-0.39, 0.29) is 0 Å². The normalized spacial score (nSPS) is 10.6. The van der Waals surface area contributed by atoms with Crippen LogP contribution in [0, 0.1) is 0 Å². The van der Waals surface area contributed by atoms with Crippen LogP contribution in [-0.2, 0) is 9.59 Å². The van der Waals surface area contributed by atoms with Crippen molar-refractivity contribution in [3.8, 4) is 5.75 Å². The smallest absolute Gasteiger partial charge is 0.329 e. The van der Waals surface area contributed by atoms with Crippen molar-refractivity contribution in [2.45, 2.75) is 13.3 Å². The van der Waals surface area contributed by atoms with Crippen LogP contribution in [0.25, 0.3) is 0 Å². The summed E-state index contributed by atoms with van der Waals surface area (Å²) in [5.41, 5.74) is 3.12. The summed E-state index contributed by atoms with van der Waals surface area (Å²) in [6, 6.07) is 11.7. The largest absolute Gasteiger partial charge is 0.492 e. The molecule has 2 amide bonds. The summed E-state index contributed by atoms with van der Waals surface area (Å²) >= 11 is 12.0. The topological polar surface area (TPSA) is 79.8 Å². The highest BCUT2D eigenvalue weighted by atomic mass is 35.5. The van der Waals surface area contributed by atoms with Gasteiger partial charge in [-0.25, -0.2) is 5.43 Å². The van der Waals surface area contributed by atoms with Gasteiger partial charge in [-0.15, -0.1) is 0 Å². The van der Waals surface area contributed by atoms with Crippen LogP contribution in [0.2, 0.25) is 10.0 Å². The molecule has 0 saturated heterocycles. The van der Waals surface area contributed by atoms with E-state index >= 15 is 0 Å². The number of amides is 2. The van der Waals surface area contributed by atoms with Crippen molar-refractivity contribution >= 4 is 46.9 Å². The Morgan fingerprint density at radius 3 is 2.58 bits per heavy atom. The molecule has 0 aliphatic rings. The first-order valence-corrected chi connectivity index (χ1v) is 8.58. The van der Waals surface area contributed by atoms with Crippen molar-refractivity contribution in [3.05, 3.63) is 58.1 Å². The van der Waals surface area contributed by atoms with E-state index in [4.69, 9.17) is 27.9 Å². The molecule has 0 atom stereocenters. The van der Waals surface area contributed by atoms with E-state index < -0.39 is 11.8 Å². The SMILES string of the molecule is CCCOc1ccc(/C=N\NC(=O)C(=O)Nc2ccccc2Cl)cc1Cl. The lowest BCUT2D eigenvalue weighted by atomic mass is 10.2. The first-order valence-electron chi connectivity index (χ1n) is 7.82.